The van der Waals surface area contributed by atoms with Crippen LogP contribution in [0.25, 0.3) is 0 Å². The summed E-state index contributed by atoms with van der Waals surface area (Å²) in [6, 6.07) is 15.1. The highest BCUT2D eigenvalue weighted by Gasteiger charge is 2.06. The van der Waals surface area contributed by atoms with Crippen LogP contribution in [0.15, 0.2) is 42.5 Å². The second-order valence-corrected chi connectivity index (χ2v) is 6.51. The molecule has 2 rings (SSSR count). The van der Waals surface area contributed by atoms with Crippen molar-refractivity contribution in [3.63, 3.8) is 0 Å². The summed E-state index contributed by atoms with van der Waals surface area (Å²) in [6.45, 7) is 3.25. The fourth-order valence-electron chi connectivity index (χ4n) is 2.08. The van der Waals surface area contributed by atoms with E-state index in [1.807, 2.05) is 6.07 Å². The standard InChI is InChI=1S/C16H20ClNS/c1-13(15-10-11-16(17)19-15)18-12-6-5-9-14-7-3-2-4-8-14/h2-4,7-8,10-11,13,18H,5-6,9,12H2,1H3. The third kappa shape index (κ3) is 4.98. The number of rotatable bonds is 7. The van der Waals surface area contributed by atoms with Gasteiger partial charge in [0.15, 0.2) is 0 Å². The number of unbranched alkanes of at least 4 members (excludes halogenated alkanes) is 1. The topological polar surface area (TPSA) is 12.0 Å². The number of thiophene rings is 1. The molecule has 0 radical (unpaired) electrons. The molecule has 0 saturated carbocycles. The molecule has 1 atom stereocenters. The van der Waals surface area contributed by atoms with Gasteiger partial charge in [-0.1, -0.05) is 41.9 Å². The monoisotopic (exact) mass is 293 g/mol. The van der Waals surface area contributed by atoms with E-state index in [0.717, 1.165) is 10.9 Å². The van der Waals surface area contributed by atoms with Crippen LogP contribution in [0.4, 0.5) is 0 Å². The molecule has 102 valence electrons. The molecule has 0 aliphatic carbocycles. The molecule has 0 aliphatic rings. The Hall–Kier alpha value is -0.830. The van der Waals surface area contributed by atoms with Gasteiger partial charge in [-0.05, 0) is 50.4 Å². The fourth-order valence-corrected chi connectivity index (χ4v) is 3.17. The Balaban J connectivity index is 1.62. The first-order valence-corrected chi connectivity index (χ1v) is 7.97. The van der Waals surface area contributed by atoms with Gasteiger partial charge in [0, 0.05) is 10.9 Å². The lowest BCUT2D eigenvalue weighted by Gasteiger charge is -2.11. The highest BCUT2D eigenvalue weighted by Crippen LogP contribution is 2.26. The summed E-state index contributed by atoms with van der Waals surface area (Å²) in [4.78, 5) is 1.31. The molecule has 0 amide bonds. The van der Waals surface area contributed by atoms with Crippen LogP contribution >= 0.6 is 22.9 Å². The summed E-state index contributed by atoms with van der Waals surface area (Å²) in [5.41, 5.74) is 1.43. The molecule has 1 N–H and O–H groups in total. The minimum Gasteiger partial charge on any atom is -0.309 e. The third-order valence-corrected chi connectivity index (χ3v) is 4.62. The number of hydrogen-bond donors (Lipinski definition) is 1. The van der Waals surface area contributed by atoms with Crippen molar-refractivity contribution in [2.24, 2.45) is 0 Å². The summed E-state index contributed by atoms with van der Waals surface area (Å²) in [6.07, 6.45) is 3.61. The van der Waals surface area contributed by atoms with E-state index >= 15 is 0 Å². The number of hydrogen-bond acceptors (Lipinski definition) is 2. The Morgan fingerprint density at radius 2 is 1.89 bits per heavy atom. The maximum absolute atomic E-state index is 5.95. The van der Waals surface area contributed by atoms with E-state index in [0.29, 0.717) is 6.04 Å². The lowest BCUT2D eigenvalue weighted by atomic mass is 10.1. The highest BCUT2D eigenvalue weighted by molar-refractivity contribution is 7.16. The van der Waals surface area contributed by atoms with E-state index in [1.165, 1.54) is 29.7 Å². The maximum Gasteiger partial charge on any atom is 0.0931 e. The fraction of sp³-hybridized carbons (Fsp3) is 0.375. The van der Waals surface area contributed by atoms with Crippen LogP contribution in [0.3, 0.4) is 0 Å². The summed E-state index contributed by atoms with van der Waals surface area (Å²) in [5, 5.41) is 3.55. The van der Waals surface area contributed by atoms with Crippen LogP contribution < -0.4 is 5.32 Å². The van der Waals surface area contributed by atoms with E-state index in [-0.39, 0.29) is 0 Å². The smallest absolute Gasteiger partial charge is 0.0931 e. The van der Waals surface area contributed by atoms with E-state index in [9.17, 15) is 0 Å². The van der Waals surface area contributed by atoms with Gasteiger partial charge in [-0.15, -0.1) is 11.3 Å². The average molecular weight is 294 g/mol. The molecule has 1 nitrogen and oxygen atoms in total. The summed E-state index contributed by atoms with van der Waals surface area (Å²) in [7, 11) is 0. The zero-order valence-corrected chi connectivity index (χ0v) is 12.8. The van der Waals surface area contributed by atoms with Crippen molar-refractivity contribution in [2.75, 3.05) is 6.54 Å². The van der Waals surface area contributed by atoms with Gasteiger partial charge in [-0.25, -0.2) is 0 Å². The van der Waals surface area contributed by atoms with Crippen LogP contribution in [-0.2, 0) is 6.42 Å². The van der Waals surface area contributed by atoms with Gasteiger partial charge in [-0.2, -0.15) is 0 Å². The molecule has 0 saturated heterocycles. The van der Waals surface area contributed by atoms with Gasteiger partial charge >= 0.3 is 0 Å². The first kappa shape index (κ1) is 14.6. The molecule has 3 heteroatoms. The number of benzene rings is 1. The molecule has 0 spiro atoms. The molecule has 1 heterocycles. The molecule has 1 aromatic carbocycles. The molecule has 0 fully saturated rings. The van der Waals surface area contributed by atoms with Crippen molar-refractivity contribution in [3.8, 4) is 0 Å². The Morgan fingerprint density at radius 1 is 1.11 bits per heavy atom. The minimum atomic E-state index is 0.397. The van der Waals surface area contributed by atoms with Crippen LogP contribution in [-0.4, -0.2) is 6.54 Å². The molecule has 1 unspecified atom stereocenters. The predicted molar refractivity (Wildman–Crippen MR) is 85.1 cm³/mol. The molecule has 1 aromatic heterocycles. The van der Waals surface area contributed by atoms with E-state index in [1.54, 1.807) is 11.3 Å². The van der Waals surface area contributed by atoms with Crippen molar-refractivity contribution in [3.05, 3.63) is 57.2 Å². The van der Waals surface area contributed by atoms with Gasteiger partial charge in [-0.3, -0.25) is 0 Å². The minimum absolute atomic E-state index is 0.397. The second-order valence-electron chi connectivity index (χ2n) is 4.76. The third-order valence-electron chi connectivity index (χ3n) is 3.21. The average Bonchev–Trinajstić information content (AvgIpc) is 2.86. The quantitative estimate of drug-likeness (QED) is 0.702. The lowest BCUT2D eigenvalue weighted by molar-refractivity contribution is 0.552. The normalized spacial score (nSPS) is 12.5. The van der Waals surface area contributed by atoms with Crippen molar-refractivity contribution < 1.29 is 0 Å². The lowest BCUT2D eigenvalue weighted by Crippen LogP contribution is -2.19. The second kappa shape index (κ2) is 7.68. The predicted octanol–water partition coefficient (Wildman–Crippen LogP) is 5.08. The SMILES string of the molecule is CC(NCCCCc1ccccc1)c1ccc(Cl)s1. The first-order chi connectivity index (χ1) is 9.25. The largest absolute Gasteiger partial charge is 0.309 e. The highest BCUT2D eigenvalue weighted by atomic mass is 35.5. The van der Waals surface area contributed by atoms with Crippen LogP contribution in [0, 0.1) is 0 Å². The zero-order valence-electron chi connectivity index (χ0n) is 11.2. The van der Waals surface area contributed by atoms with Crippen molar-refractivity contribution in [2.45, 2.75) is 32.2 Å². The Kier molecular flexibility index (Phi) is 5.90. The summed E-state index contributed by atoms with van der Waals surface area (Å²) in [5.74, 6) is 0. The van der Waals surface area contributed by atoms with Gasteiger partial charge in [0.1, 0.15) is 0 Å². The van der Waals surface area contributed by atoms with Crippen LogP contribution in [0.1, 0.15) is 36.2 Å². The summed E-state index contributed by atoms with van der Waals surface area (Å²) >= 11 is 7.61. The Labute approximate surface area is 124 Å². The van der Waals surface area contributed by atoms with Crippen molar-refractivity contribution in [1.29, 1.82) is 0 Å². The van der Waals surface area contributed by atoms with Crippen molar-refractivity contribution in [1.82, 2.24) is 5.32 Å². The van der Waals surface area contributed by atoms with Crippen LogP contribution in [0.5, 0.6) is 0 Å². The van der Waals surface area contributed by atoms with Crippen molar-refractivity contribution >= 4 is 22.9 Å². The molecule has 0 aliphatic heterocycles. The molecular formula is C16H20ClNS. The Morgan fingerprint density at radius 3 is 2.58 bits per heavy atom. The van der Waals surface area contributed by atoms with Gasteiger partial charge in [0.05, 0.1) is 4.34 Å². The maximum atomic E-state index is 5.95. The first-order valence-electron chi connectivity index (χ1n) is 6.78. The molecule has 19 heavy (non-hydrogen) atoms. The van der Waals surface area contributed by atoms with Gasteiger partial charge in [0.25, 0.3) is 0 Å². The molecular weight excluding hydrogens is 274 g/mol. The zero-order chi connectivity index (χ0) is 13.5. The number of aryl methyl sites for hydroxylation is 1. The van der Waals surface area contributed by atoms with E-state index in [4.69, 9.17) is 11.6 Å². The Bertz CT molecular complexity index is 481. The van der Waals surface area contributed by atoms with E-state index in [2.05, 4.69) is 48.6 Å². The van der Waals surface area contributed by atoms with Gasteiger partial charge < -0.3 is 5.32 Å². The molecule has 0 bridgehead atoms. The summed E-state index contributed by atoms with van der Waals surface area (Å²) < 4.78 is 0.868. The molecule has 2 aromatic rings. The number of halogens is 1. The van der Waals surface area contributed by atoms with Crippen LogP contribution in [0.2, 0.25) is 4.34 Å². The van der Waals surface area contributed by atoms with E-state index < -0.39 is 0 Å². The number of nitrogens with one attached hydrogen (secondary N) is 1. The van der Waals surface area contributed by atoms with Gasteiger partial charge in [0.2, 0.25) is 0 Å².